The first-order valence-corrected chi connectivity index (χ1v) is 5.44. The molecule has 0 bridgehead atoms. The van der Waals surface area contributed by atoms with Crippen molar-refractivity contribution >= 4 is 5.78 Å². The fourth-order valence-electron chi connectivity index (χ4n) is 2.16. The lowest BCUT2D eigenvalue weighted by molar-refractivity contribution is -0.123. The summed E-state index contributed by atoms with van der Waals surface area (Å²) in [5.41, 5.74) is 1.21. The number of hydrogen-bond acceptors (Lipinski definition) is 1. The largest absolute Gasteiger partial charge is 0.299 e. The molecule has 1 fully saturated rings. The Kier molecular flexibility index (Phi) is 2.97. The van der Waals surface area contributed by atoms with Crippen LogP contribution in [0.4, 0.5) is 0 Å². The minimum atomic E-state index is 0.183. The Morgan fingerprint density at radius 1 is 1.21 bits per heavy atom. The quantitative estimate of drug-likeness (QED) is 0.617. The molecule has 1 saturated carbocycles. The normalized spacial score (nSPS) is 27.3. The Balaban J connectivity index is 2.16. The van der Waals surface area contributed by atoms with Crippen LogP contribution in [-0.2, 0) is 4.79 Å². The van der Waals surface area contributed by atoms with Gasteiger partial charge in [-0.15, -0.1) is 0 Å². The number of carbonyl (C=O) groups excluding carboxylic acids is 1. The van der Waals surface area contributed by atoms with Crippen molar-refractivity contribution in [2.24, 2.45) is 5.92 Å². The Bertz CT molecular complexity index is 307. The summed E-state index contributed by atoms with van der Waals surface area (Å²) in [5, 5.41) is 0. The summed E-state index contributed by atoms with van der Waals surface area (Å²) >= 11 is 0. The molecule has 14 heavy (non-hydrogen) atoms. The third-order valence-electron chi connectivity index (χ3n) is 2.96. The highest BCUT2D eigenvalue weighted by molar-refractivity contribution is 5.85. The average molecular weight is 188 g/mol. The molecule has 0 saturated heterocycles. The molecule has 0 aromatic carbocycles. The molecule has 0 aromatic rings. The highest BCUT2D eigenvalue weighted by atomic mass is 16.1. The molecule has 2 aliphatic rings. The van der Waals surface area contributed by atoms with E-state index in [1.54, 1.807) is 0 Å². The first kappa shape index (κ1) is 9.45. The Morgan fingerprint density at radius 3 is 3.00 bits per heavy atom. The molecule has 0 amide bonds. The topological polar surface area (TPSA) is 17.1 Å². The number of allylic oxidation sites excluding steroid dienone is 6. The van der Waals surface area contributed by atoms with E-state index in [1.165, 1.54) is 12.0 Å². The second kappa shape index (κ2) is 4.41. The van der Waals surface area contributed by atoms with E-state index >= 15 is 0 Å². The molecule has 0 unspecified atom stereocenters. The van der Waals surface area contributed by atoms with Crippen LogP contribution in [0.5, 0.6) is 0 Å². The summed E-state index contributed by atoms with van der Waals surface area (Å²) in [4.78, 5) is 11.7. The zero-order chi connectivity index (χ0) is 9.80. The van der Waals surface area contributed by atoms with Gasteiger partial charge in [0.15, 0.2) is 0 Å². The van der Waals surface area contributed by atoms with Crippen LogP contribution in [0.2, 0.25) is 0 Å². The molecular formula is C13H16O. The Morgan fingerprint density at radius 2 is 2.14 bits per heavy atom. The van der Waals surface area contributed by atoms with E-state index in [1.807, 2.05) is 0 Å². The van der Waals surface area contributed by atoms with E-state index in [9.17, 15) is 4.79 Å². The van der Waals surface area contributed by atoms with Gasteiger partial charge in [0, 0.05) is 12.3 Å². The second-order valence-electron chi connectivity index (χ2n) is 4.00. The van der Waals surface area contributed by atoms with Crippen LogP contribution in [0.1, 0.15) is 32.1 Å². The molecule has 1 atom stereocenters. The smallest absolute Gasteiger partial charge is 0.140 e. The molecule has 0 spiro atoms. The molecular weight excluding hydrogens is 172 g/mol. The van der Waals surface area contributed by atoms with Crippen LogP contribution in [0.3, 0.4) is 0 Å². The van der Waals surface area contributed by atoms with Gasteiger partial charge in [-0.25, -0.2) is 0 Å². The van der Waals surface area contributed by atoms with Gasteiger partial charge in [-0.3, -0.25) is 4.79 Å². The fraction of sp³-hybridized carbons (Fsp3) is 0.462. The van der Waals surface area contributed by atoms with Crippen molar-refractivity contribution in [2.45, 2.75) is 32.1 Å². The molecule has 0 radical (unpaired) electrons. The lowest BCUT2D eigenvalue weighted by Crippen LogP contribution is -2.20. The zero-order valence-electron chi connectivity index (χ0n) is 8.41. The number of rotatable bonds is 1. The Hall–Kier alpha value is -1.11. The summed E-state index contributed by atoms with van der Waals surface area (Å²) in [6, 6.07) is 0. The van der Waals surface area contributed by atoms with Crippen molar-refractivity contribution in [2.75, 3.05) is 0 Å². The van der Waals surface area contributed by atoms with Gasteiger partial charge in [-0.05, 0) is 24.8 Å². The van der Waals surface area contributed by atoms with Gasteiger partial charge in [0.05, 0.1) is 0 Å². The van der Waals surface area contributed by atoms with Crippen molar-refractivity contribution in [1.82, 2.24) is 0 Å². The number of hydrogen-bond donors (Lipinski definition) is 0. The van der Waals surface area contributed by atoms with E-state index < -0.39 is 0 Å². The van der Waals surface area contributed by atoms with E-state index in [4.69, 9.17) is 0 Å². The highest BCUT2D eigenvalue weighted by Gasteiger charge is 2.24. The predicted molar refractivity (Wildman–Crippen MR) is 57.9 cm³/mol. The van der Waals surface area contributed by atoms with Crippen molar-refractivity contribution in [3.63, 3.8) is 0 Å². The van der Waals surface area contributed by atoms with Crippen LogP contribution in [0, 0.1) is 5.92 Å². The van der Waals surface area contributed by atoms with Gasteiger partial charge in [0.1, 0.15) is 5.78 Å². The van der Waals surface area contributed by atoms with Gasteiger partial charge in [0.2, 0.25) is 0 Å². The maximum atomic E-state index is 11.7. The van der Waals surface area contributed by atoms with Gasteiger partial charge in [0.25, 0.3) is 0 Å². The number of carbonyl (C=O) groups is 1. The van der Waals surface area contributed by atoms with Crippen molar-refractivity contribution in [3.8, 4) is 0 Å². The molecule has 2 rings (SSSR count). The van der Waals surface area contributed by atoms with Gasteiger partial charge >= 0.3 is 0 Å². The summed E-state index contributed by atoms with van der Waals surface area (Å²) in [6.45, 7) is 0. The van der Waals surface area contributed by atoms with Crippen LogP contribution < -0.4 is 0 Å². The fourth-order valence-corrected chi connectivity index (χ4v) is 2.16. The second-order valence-corrected chi connectivity index (χ2v) is 4.00. The summed E-state index contributed by atoms with van der Waals surface area (Å²) < 4.78 is 0. The van der Waals surface area contributed by atoms with E-state index in [2.05, 4.69) is 30.4 Å². The van der Waals surface area contributed by atoms with E-state index in [0.29, 0.717) is 5.78 Å². The average Bonchev–Trinajstić information content (AvgIpc) is 2.47. The van der Waals surface area contributed by atoms with Crippen molar-refractivity contribution < 1.29 is 4.79 Å². The molecule has 1 nitrogen and oxygen atoms in total. The zero-order valence-corrected chi connectivity index (χ0v) is 8.41. The molecule has 2 aliphatic carbocycles. The minimum Gasteiger partial charge on any atom is -0.299 e. The summed E-state index contributed by atoms with van der Waals surface area (Å²) in [6.07, 6.45) is 15.6. The lowest BCUT2D eigenvalue weighted by atomic mass is 9.82. The molecule has 0 aromatic heterocycles. The molecule has 74 valence electrons. The number of ketones is 1. The monoisotopic (exact) mass is 188 g/mol. The van der Waals surface area contributed by atoms with Crippen molar-refractivity contribution in [1.29, 1.82) is 0 Å². The maximum Gasteiger partial charge on any atom is 0.140 e. The Labute approximate surface area is 85.2 Å². The minimum absolute atomic E-state index is 0.183. The summed E-state index contributed by atoms with van der Waals surface area (Å²) in [5.74, 6) is 0.616. The third-order valence-corrected chi connectivity index (χ3v) is 2.96. The first-order valence-electron chi connectivity index (χ1n) is 5.44. The standard InChI is InChI=1S/C13H16O/c14-13-10-6-5-9-12(13)11-7-3-1-2-4-8-11/h1,3-4,7-8,12H,2,5-6,9-10H2/t12-/m1/s1. The molecule has 0 heterocycles. The lowest BCUT2D eigenvalue weighted by Gasteiger charge is -2.21. The molecule has 1 heteroatoms. The van der Waals surface area contributed by atoms with Crippen LogP contribution in [-0.4, -0.2) is 5.78 Å². The van der Waals surface area contributed by atoms with Crippen molar-refractivity contribution in [3.05, 3.63) is 36.0 Å². The highest BCUT2D eigenvalue weighted by Crippen LogP contribution is 2.28. The van der Waals surface area contributed by atoms with Gasteiger partial charge < -0.3 is 0 Å². The van der Waals surface area contributed by atoms with E-state index in [-0.39, 0.29) is 5.92 Å². The molecule has 0 aliphatic heterocycles. The third kappa shape index (κ3) is 2.03. The van der Waals surface area contributed by atoms with Crippen LogP contribution in [0.15, 0.2) is 36.0 Å². The SMILES string of the molecule is O=C1CCCC[C@@H]1C1=CC=CCC=C1. The molecule has 0 N–H and O–H groups in total. The predicted octanol–water partition coefficient (Wildman–Crippen LogP) is 3.19. The van der Waals surface area contributed by atoms with Crippen LogP contribution >= 0.6 is 0 Å². The summed E-state index contributed by atoms with van der Waals surface area (Å²) in [7, 11) is 0. The van der Waals surface area contributed by atoms with Gasteiger partial charge in [-0.2, -0.15) is 0 Å². The van der Waals surface area contributed by atoms with Gasteiger partial charge in [-0.1, -0.05) is 36.8 Å². The van der Waals surface area contributed by atoms with E-state index in [0.717, 1.165) is 25.7 Å². The number of Topliss-reactive ketones (excluding diaryl/α,β-unsaturated/α-hetero) is 1. The maximum absolute atomic E-state index is 11.7. The first-order chi connectivity index (χ1) is 6.88. The van der Waals surface area contributed by atoms with Crippen LogP contribution in [0.25, 0.3) is 0 Å².